The summed E-state index contributed by atoms with van der Waals surface area (Å²) in [4.78, 5) is 0. The molecule has 2 heteroatoms. The maximum Gasteiger partial charge on any atom is 0.136 e. The number of nitrogens with zero attached hydrogens (tertiary/aromatic N) is 1. The van der Waals surface area contributed by atoms with Crippen LogP contribution >= 0.6 is 0 Å². The molecular weight excluding hydrogens is 126 g/mol. The van der Waals surface area contributed by atoms with Gasteiger partial charge in [0, 0.05) is 12.5 Å². The molecule has 0 amide bonds. The van der Waals surface area contributed by atoms with Crippen LogP contribution < -0.4 is 0 Å². The second-order valence-electron chi connectivity index (χ2n) is 2.39. The molecule has 0 aliphatic heterocycles. The van der Waals surface area contributed by atoms with Crippen LogP contribution in [0.3, 0.4) is 0 Å². The number of hydrogen-bond acceptors (Lipinski definition) is 2. The average molecular weight is 139 g/mol. The van der Waals surface area contributed by atoms with Crippen LogP contribution in [-0.2, 0) is 12.8 Å². The molecule has 0 unspecified atom stereocenters. The summed E-state index contributed by atoms with van der Waals surface area (Å²) in [5.41, 5.74) is 1.06. The molecule has 0 saturated heterocycles. The third-order valence-electron chi connectivity index (χ3n) is 1.47. The Morgan fingerprint density at radius 2 is 2.30 bits per heavy atom. The lowest BCUT2D eigenvalue weighted by Gasteiger charge is -1.83. The summed E-state index contributed by atoms with van der Waals surface area (Å²) >= 11 is 0. The van der Waals surface area contributed by atoms with E-state index >= 15 is 0 Å². The normalized spacial score (nSPS) is 10.2. The van der Waals surface area contributed by atoms with E-state index in [4.69, 9.17) is 4.52 Å². The molecule has 1 rings (SSSR count). The van der Waals surface area contributed by atoms with Crippen molar-refractivity contribution in [1.29, 1.82) is 0 Å². The highest BCUT2D eigenvalue weighted by molar-refractivity contribution is 5.04. The standard InChI is InChI=1S/C8H13NO/c1-3-5-8-6-7(4-2)9-10-8/h6H,3-5H2,1-2H3. The van der Waals surface area contributed by atoms with Crippen LogP contribution in [0.15, 0.2) is 10.6 Å². The van der Waals surface area contributed by atoms with Crippen LogP contribution in [0.1, 0.15) is 31.7 Å². The van der Waals surface area contributed by atoms with Crippen molar-refractivity contribution in [1.82, 2.24) is 5.16 Å². The maximum atomic E-state index is 5.05. The number of rotatable bonds is 3. The molecule has 0 spiro atoms. The van der Waals surface area contributed by atoms with Gasteiger partial charge in [0.05, 0.1) is 5.69 Å². The average Bonchev–Trinajstić information content (AvgIpc) is 2.37. The topological polar surface area (TPSA) is 26.0 Å². The minimum absolute atomic E-state index is 0.965. The van der Waals surface area contributed by atoms with E-state index in [1.807, 2.05) is 6.07 Å². The Labute approximate surface area is 61.2 Å². The molecule has 0 atom stereocenters. The zero-order chi connectivity index (χ0) is 7.40. The highest BCUT2D eigenvalue weighted by Gasteiger charge is 1.99. The van der Waals surface area contributed by atoms with Gasteiger partial charge in [0.15, 0.2) is 0 Å². The second-order valence-corrected chi connectivity index (χ2v) is 2.39. The van der Waals surface area contributed by atoms with E-state index in [-0.39, 0.29) is 0 Å². The fourth-order valence-electron chi connectivity index (χ4n) is 0.887. The molecule has 56 valence electrons. The predicted octanol–water partition coefficient (Wildman–Crippen LogP) is 2.19. The van der Waals surface area contributed by atoms with Crippen molar-refractivity contribution in [3.63, 3.8) is 0 Å². The molecule has 1 aromatic heterocycles. The lowest BCUT2D eigenvalue weighted by atomic mass is 10.2. The summed E-state index contributed by atoms with van der Waals surface area (Å²) in [6.45, 7) is 4.21. The Bertz CT molecular complexity index is 193. The summed E-state index contributed by atoms with van der Waals surface area (Å²) in [7, 11) is 0. The summed E-state index contributed by atoms with van der Waals surface area (Å²) in [6, 6.07) is 2.03. The summed E-state index contributed by atoms with van der Waals surface area (Å²) < 4.78 is 5.05. The molecule has 0 aliphatic rings. The Kier molecular flexibility index (Phi) is 2.49. The summed E-state index contributed by atoms with van der Waals surface area (Å²) in [6.07, 6.45) is 3.10. The van der Waals surface area contributed by atoms with Crippen molar-refractivity contribution >= 4 is 0 Å². The van der Waals surface area contributed by atoms with Gasteiger partial charge in [-0.05, 0) is 12.8 Å². The van der Waals surface area contributed by atoms with Crippen molar-refractivity contribution < 1.29 is 4.52 Å². The second kappa shape index (κ2) is 3.40. The SMILES string of the molecule is CCCc1cc(CC)no1. The first kappa shape index (κ1) is 7.32. The van der Waals surface area contributed by atoms with Gasteiger partial charge in [-0.2, -0.15) is 0 Å². The fourth-order valence-corrected chi connectivity index (χ4v) is 0.887. The van der Waals surface area contributed by atoms with Gasteiger partial charge in [-0.15, -0.1) is 0 Å². The third kappa shape index (κ3) is 1.59. The number of aromatic nitrogens is 1. The van der Waals surface area contributed by atoms with E-state index in [1.54, 1.807) is 0 Å². The van der Waals surface area contributed by atoms with E-state index in [1.165, 1.54) is 0 Å². The predicted molar refractivity (Wildman–Crippen MR) is 39.9 cm³/mol. The Hall–Kier alpha value is -0.790. The molecule has 0 fully saturated rings. The fraction of sp³-hybridized carbons (Fsp3) is 0.625. The van der Waals surface area contributed by atoms with Gasteiger partial charge in [0.2, 0.25) is 0 Å². The van der Waals surface area contributed by atoms with Crippen LogP contribution in [0.25, 0.3) is 0 Å². The van der Waals surface area contributed by atoms with Gasteiger partial charge in [-0.3, -0.25) is 0 Å². The quantitative estimate of drug-likeness (QED) is 0.641. The molecule has 0 aliphatic carbocycles. The van der Waals surface area contributed by atoms with Crippen molar-refractivity contribution in [2.45, 2.75) is 33.1 Å². The lowest BCUT2D eigenvalue weighted by molar-refractivity contribution is 0.377. The number of aryl methyl sites for hydroxylation is 2. The first-order valence-electron chi connectivity index (χ1n) is 3.81. The Morgan fingerprint density at radius 3 is 2.80 bits per heavy atom. The minimum Gasteiger partial charge on any atom is -0.361 e. The van der Waals surface area contributed by atoms with E-state index in [2.05, 4.69) is 19.0 Å². The number of hydrogen-bond donors (Lipinski definition) is 0. The zero-order valence-electron chi connectivity index (χ0n) is 6.55. The van der Waals surface area contributed by atoms with Crippen molar-refractivity contribution in [2.75, 3.05) is 0 Å². The lowest BCUT2D eigenvalue weighted by Crippen LogP contribution is -1.76. The molecule has 1 aromatic rings. The monoisotopic (exact) mass is 139 g/mol. The molecule has 0 aromatic carbocycles. The highest BCUT2D eigenvalue weighted by Crippen LogP contribution is 2.05. The highest BCUT2D eigenvalue weighted by atomic mass is 16.5. The van der Waals surface area contributed by atoms with Crippen LogP contribution in [0, 0.1) is 0 Å². The van der Waals surface area contributed by atoms with Gasteiger partial charge in [-0.1, -0.05) is 19.0 Å². The van der Waals surface area contributed by atoms with Crippen LogP contribution in [0.4, 0.5) is 0 Å². The van der Waals surface area contributed by atoms with Gasteiger partial charge in [-0.25, -0.2) is 0 Å². The van der Waals surface area contributed by atoms with Gasteiger partial charge in [0.1, 0.15) is 5.76 Å². The van der Waals surface area contributed by atoms with E-state index in [9.17, 15) is 0 Å². The van der Waals surface area contributed by atoms with Gasteiger partial charge >= 0.3 is 0 Å². The van der Waals surface area contributed by atoms with Crippen LogP contribution in [-0.4, -0.2) is 5.16 Å². The minimum atomic E-state index is 0.965. The maximum absolute atomic E-state index is 5.05. The molecule has 2 nitrogen and oxygen atoms in total. The first-order chi connectivity index (χ1) is 4.86. The summed E-state index contributed by atoms with van der Waals surface area (Å²) in [5, 5.41) is 3.88. The Morgan fingerprint density at radius 1 is 1.50 bits per heavy atom. The van der Waals surface area contributed by atoms with Crippen LogP contribution in [0.5, 0.6) is 0 Å². The molecule has 0 saturated carbocycles. The third-order valence-corrected chi connectivity index (χ3v) is 1.47. The molecule has 0 N–H and O–H groups in total. The van der Waals surface area contributed by atoms with E-state index < -0.39 is 0 Å². The Balaban J connectivity index is 2.59. The van der Waals surface area contributed by atoms with Crippen LogP contribution in [0.2, 0.25) is 0 Å². The molecule has 0 bridgehead atoms. The largest absolute Gasteiger partial charge is 0.361 e. The van der Waals surface area contributed by atoms with Crippen molar-refractivity contribution in [3.8, 4) is 0 Å². The van der Waals surface area contributed by atoms with E-state index in [0.717, 1.165) is 30.7 Å². The molecule has 1 heterocycles. The zero-order valence-corrected chi connectivity index (χ0v) is 6.55. The van der Waals surface area contributed by atoms with Gasteiger partial charge < -0.3 is 4.52 Å². The van der Waals surface area contributed by atoms with Crippen molar-refractivity contribution in [3.05, 3.63) is 17.5 Å². The van der Waals surface area contributed by atoms with Crippen molar-refractivity contribution in [2.24, 2.45) is 0 Å². The summed E-state index contributed by atoms with van der Waals surface area (Å²) in [5.74, 6) is 1.01. The molecule has 10 heavy (non-hydrogen) atoms. The van der Waals surface area contributed by atoms with E-state index in [0.29, 0.717) is 0 Å². The molecule has 0 radical (unpaired) electrons. The molecular formula is C8H13NO. The smallest absolute Gasteiger partial charge is 0.136 e. The first-order valence-corrected chi connectivity index (χ1v) is 3.81. The van der Waals surface area contributed by atoms with Gasteiger partial charge in [0.25, 0.3) is 0 Å².